The van der Waals surface area contributed by atoms with Gasteiger partial charge in [0.05, 0.1) is 17.5 Å². The van der Waals surface area contributed by atoms with Gasteiger partial charge in [-0.05, 0) is 70.8 Å². The van der Waals surface area contributed by atoms with Crippen molar-refractivity contribution in [1.82, 2.24) is 14.1 Å². The molecule has 202 valence electrons. The highest BCUT2D eigenvalue weighted by molar-refractivity contribution is 7.89. The summed E-state index contributed by atoms with van der Waals surface area (Å²) in [6, 6.07) is 23.8. The molecule has 0 aliphatic carbocycles. The summed E-state index contributed by atoms with van der Waals surface area (Å²) in [4.78, 5) is 19.5. The summed E-state index contributed by atoms with van der Waals surface area (Å²) in [6.07, 6.45) is 1.56. The molecular formula is C31H33N3O3S2. The van der Waals surface area contributed by atoms with Crippen molar-refractivity contribution in [3.8, 4) is 0 Å². The summed E-state index contributed by atoms with van der Waals surface area (Å²) in [5, 5.41) is 4.07. The minimum Gasteiger partial charge on any atom is -0.340 e. The summed E-state index contributed by atoms with van der Waals surface area (Å²) in [7, 11) is -3.64. The first kappa shape index (κ1) is 26.2. The first-order chi connectivity index (χ1) is 18.9. The van der Waals surface area contributed by atoms with Crippen molar-refractivity contribution in [2.24, 2.45) is 0 Å². The quantitative estimate of drug-likeness (QED) is 0.342. The van der Waals surface area contributed by atoms with Gasteiger partial charge in [0.15, 0.2) is 0 Å². The van der Waals surface area contributed by atoms with Crippen molar-refractivity contribution in [3.63, 3.8) is 0 Å². The second kappa shape index (κ2) is 10.8. The van der Waals surface area contributed by atoms with E-state index in [0.717, 1.165) is 23.7 Å². The highest BCUT2D eigenvalue weighted by atomic mass is 32.2. The molecule has 0 spiro atoms. The van der Waals surface area contributed by atoms with E-state index in [-0.39, 0.29) is 11.9 Å². The molecule has 0 bridgehead atoms. The molecule has 1 atom stereocenters. The van der Waals surface area contributed by atoms with Crippen LogP contribution in [0.25, 0.3) is 10.8 Å². The number of amides is 1. The average Bonchev–Trinajstić information content (AvgIpc) is 3.28. The molecule has 3 aromatic carbocycles. The molecule has 2 aliphatic rings. The number of aryl methyl sites for hydroxylation is 1. The second-order valence-corrected chi connectivity index (χ2v) is 13.4. The van der Waals surface area contributed by atoms with Crippen molar-refractivity contribution < 1.29 is 13.2 Å². The van der Waals surface area contributed by atoms with E-state index in [9.17, 15) is 13.2 Å². The van der Waals surface area contributed by atoms with Crippen molar-refractivity contribution in [2.45, 2.75) is 30.7 Å². The van der Waals surface area contributed by atoms with E-state index in [0.29, 0.717) is 44.0 Å². The fourth-order valence-corrected chi connectivity index (χ4v) is 8.34. The van der Waals surface area contributed by atoms with Gasteiger partial charge in [0.25, 0.3) is 0 Å². The Morgan fingerprint density at radius 2 is 1.67 bits per heavy atom. The van der Waals surface area contributed by atoms with Crippen LogP contribution in [0.3, 0.4) is 0 Å². The normalized spacial score (nSPS) is 19.1. The Kier molecular flexibility index (Phi) is 7.29. The van der Waals surface area contributed by atoms with E-state index < -0.39 is 10.0 Å². The SMILES string of the molecule is Cc1ccccc1[C@@H]1c2ccsc2CCN1CC(=O)N1CCCN(S(=O)(=O)c2ccc3ccccc3c2)CC1. The fraction of sp³-hybridized carbons (Fsp3) is 0.323. The topological polar surface area (TPSA) is 60.9 Å². The molecule has 0 saturated carbocycles. The number of fused-ring (bicyclic) bond motifs is 2. The van der Waals surface area contributed by atoms with E-state index in [1.165, 1.54) is 21.6 Å². The van der Waals surface area contributed by atoms with Gasteiger partial charge in [0.2, 0.25) is 15.9 Å². The molecule has 4 aromatic rings. The molecule has 6 nitrogen and oxygen atoms in total. The third kappa shape index (κ3) is 5.14. The summed E-state index contributed by atoms with van der Waals surface area (Å²) >= 11 is 1.80. The highest BCUT2D eigenvalue weighted by Gasteiger charge is 2.34. The van der Waals surface area contributed by atoms with Gasteiger partial charge >= 0.3 is 0 Å². The Bertz CT molecular complexity index is 1610. The molecule has 6 rings (SSSR count). The van der Waals surface area contributed by atoms with Crippen LogP contribution in [0.15, 0.2) is 83.1 Å². The van der Waals surface area contributed by atoms with Crippen LogP contribution in [-0.2, 0) is 21.2 Å². The molecule has 1 fully saturated rings. The summed E-state index contributed by atoms with van der Waals surface area (Å²) in [5.74, 6) is 0.0669. The number of thiophene rings is 1. The molecule has 0 radical (unpaired) electrons. The highest BCUT2D eigenvalue weighted by Crippen LogP contribution is 2.38. The van der Waals surface area contributed by atoms with Crippen LogP contribution >= 0.6 is 11.3 Å². The lowest BCUT2D eigenvalue weighted by atomic mass is 9.90. The number of sulfonamides is 1. The zero-order valence-corrected chi connectivity index (χ0v) is 23.8. The van der Waals surface area contributed by atoms with E-state index >= 15 is 0 Å². The summed E-state index contributed by atoms with van der Waals surface area (Å²) < 4.78 is 28.6. The van der Waals surface area contributed by atoms with Crippen molar-refractivity contribution in [1.29, 1.82) is 0 Å². The minimum absolute atomic E-state index is 0.0573. The summed E-state index contributed by atoms with van der Waals surface area (Å²) in [5.41, 5.74) is 3.77. The largest absolute Gasteiger partial charge is 0.340 e. The lowest BCUT2D eigenvalue weighted by molar-refractivity contribution is -0.132. The fourth-order valence-electron chi connectivity index (χ4n) is 5.93. The van der Waals surface area contributed by atoms with Crippen molar-refractivity contribution in [3.05, 3.63) is 99.7 Å². The smallest absolute Gasteiger partial charge is 0.243 e. The van der Waals surface area contributed by atoms with Crippen LogP contribution in [0.4, 0.5) is 0 Å². The lowest BCUT2D eigenvalue weighted by Gasteiger charge is -2.37. The van der Waals surface area contributed by atoms with Gasteiger partial charge in [-0.2, -0.15) is 4.31 Å². The molecule has 0 unspecified atom stereocenters. The number of carbonyl (C=O) groups is 1. The van der Waals surface area contributed by atoms with Gasteiger partial charge in [-0.1, -0.05) is 54.6 Å². The number of rotatable bonds is 5. The predicted molar refractivity (Wildman–Crippen MR) is 157 cm³/mol. The van der Waals surface area contributed by atoms with E-state index in [2.05, 4.69) is 47.5 Å². The van der Waals surface area contributed by atoms with Gasteiger partial charge in [-0.15, -0.1) is 11.3 Å². The average molecular weight is 560 g/mol. The molecule has 0 N–H and O–H groups in total. The monoisotopic (exact) mass is 559 g/mol. The van der Waals surface area contributed by atoms with Crippen LogP contribution < -0.4 is 0 Å². The van der Waals surface area contributed by atoms with Crippen LogP contribution in [0.2, 0.25) is 0 Å². The third-order valence-corrected chi connectivity index (χ3v) is 10.9. The van der Waals surface area contributed by atoms with E-state index in [1.807, 2.05) is 35.2 Å². The Morgan fingerprint density at radius 1 is 0.872 bits per heavy atom. The minimum atomic E-state index is -3.64. The first-order valence-electron chi connectivity index (χ1n) is 13.5. The molecule has 8 heteroatoms. The van der Waals surface area contributed by atoms with Gasteiger partial charge in [-0.25, -0.2) is 8.42 Å². The van der Waals surface area contributed by atoms with E-state index in [1.54, 1.807) is 27.8 Å². The van der Waals surface area contributed by atoms with Crippen LogP contribution in [-0.4, -0.2) is 67.7 Å². The van der Waals surface area contributed by atoms with E-state index in [4.69, 9.17) is 0 Å². The second-order valence-electron chi connectivity index (χ2n) is 10.4. The molecule has 2 aliphatic heterocycles. The molecular weight excluding hydrogens is 526 g/mol. The number of carbonyl (C=O) groups excluding carboxylic acids is 1. The van der Waals surface area contributed by atoms with Gasteiger partial charge < -0.3 is 4.90 Å². The molecule has 1 saturated heterocycles. The van der Waals surface area contributed by atoms with Crippen LogP contribution in [0.1, 0.15) is 34.0 Å². The maximum Gasteiger partial charge on any atom is 0.243 e. The Balaban J connectivity index is 1.17. The Morgan fingerprint density at radius 3 is 2.51 bits per heavy atom. The first-order valence-corrected chi connectivity index (χ1v) is 15.9. The lowest BCUT2D eigenvalue weighted by Crippen LogP contribution is -2.45. The number of hydrogen-bond donors (Lipinski definition) is 0. The molecule has 1 aromatic heterocycles. The molecule has 39 heavy (non-hydrogen) atoms. The third-order valence-electron chi connectivity index (χ3n) is 8.05. The van der Waals surface area contributed by atoms with Gasteiger partial charge in [0.1, 0.15) is 0 Å². The molecule has 3 heterocycles. The number of benzene rings is 3. The number of hydrogen-bond acceptors (Lipinski definition) is 5. The molecule has 1 amide bonds. The van der Waals surface area contributed by atoms with Crippen molar-refractivity contribution >= 4 is 38.0 Å². The van der Waals surface area contributed by atoms with Crippen LogP contribution in [0, 0.1) is 6.92 Å². The standard InChI is InChI=1S/C31H33N3O3S2/c1-23-7-2-5-10-27(23)31-28-14-20-38-29(28)13-17-33(31)22-30(35)32-15-6-16-34(19-18-32)39(36,37)26-12-11-24-8-3-4-9-25(24)21-26/h2-5,7-12,14,20-21,31H,6,13,15-19,22H2,1H3/t31-/m1/s1. The van der Waals surface area contributed by atoms with Gasteiger partial charge in [0, 0.05) is 37.6 Å². The zero-order chi connectivity index (χ0) is 27.0. The maximum atomic E-state index is 13.6. The van der Waals surface area contributed by atoms with Crippen LogP contribution in [0.5, 0.6) is 0 Å². The summed E-state index contributed by atoms with van der Waals surface area (Å²) in [6.45, 7) is 4.96. The van der Waals surface area contributed by atoms with Gasteiger partial charge in [-0.3, -0.25) is 9.69 Å². The number of nitrogens with zero attached hydrogens (tertiary/aromatic N) is 3. The Hall–Kier alpha value is -3.04. The maximum absolute atomic E-state index is 13.6. The predicted octanol–water partition coefficient (Wildman–Crippen LogP) is 5.08. The zero-order valence-electron chi connectivity index (χ0n) is 22.1. The Labute approximate surface area is 234 Å². The van der Waals surface area contributed by atoms with Crippen molar-refractivity contribution in [2.75, 3.05) is 39.3 Å².